The summed E-state index contributed by atoms with van der Waals surface area (Å²) >= 11 is 0. The van der Waals surface area contributed by atoms with Crippen molar-refractivity contribution in [1.82, 2.24) is 4.98 Å². The number of benzene rings is 1. The molecule has 1 heterocycles. The summed E-state index contributed by atoms with van der Waals surface area (Å²) in [5, 5.41) is 12.1. The minimum absolute atomic E-state index is 0.143. The van der Waals surface area contributed by atoms with Crippen LogP contribution in [0.1, 0.15) is 11.3 Å². The van der Waals surface area contributed by atoms with E-state index in [-0.39, 0.29) is 6.61 Å². The fraction of sp³-hybridized carbons (Fsp3) is 0.214. The predicted molar refractivity (Wildman–Crippen MR) is 68.8 cm³/mol. The van der Waals surface area contributed by atoms with Gasteiger partial charge in [-0.05, 0) is 17.7 Å². The molecule has 0 amide bonds. The fourth-order valence-electron chi connectivity index (χ4n) is 1.59. The van der Waals surface area contributed by atoms with Crippen LogP contribution in [-0.2, 0) is 13.0 Å². The molecule has 0 saturated carbocycles. The van der Waals surface area contributed by atoms with E-state index in [2.05, 4.69) is 22.4 Å². The van der Waals surface area contributed by atoms with Crippen molar-refractivity contribution in [1.29, 1.82) is 0 Å². The Morgan fingerprint density at radius 2 is 1.88 bits per heavy atom. The second-order valence-corrected chi connectivity index (χ2v) is 3.85. The van der Waals surface area contributed by atoms with Gasteiger partial charge in [-0.15, -0.1) is 0 Å². The van der Waals surface area contributed by atoms with Crippen LogP contribution in [0.3, 0.4) is 0 Å². The van der Waals surface area contributed by atoms with Gasteiger partial charge in [-0.3, -0.25) is 4.98 Å². The molecule has 2 N–H and O–H groups in total. The largest absolute Gasteiger partial charge is 0.396 e. The summed E-state index contributed by atoms with van der Waals surface area (Å²) in [6, 6.07) is 14.2. The summed E-state index contributed by atoms with van der Waals surface area (Å²) in [4.78, 5) is 4.26. The molecule has 0 fully saturated rings. The van der Waals surface area contributed by atoms with Crippen LogP contribution in [0.4, 0.5) is 5.69 Å². The Morgan fingerprint density at radius 1 is 1.06 bits per heavy atom. The van der Waals surface area contributed by atoms with Crippen molar-refractivity contribution >= 4 is 5.69 Å². The minimum atomic E-state index is 0.143. The molecule has 88 valence electrons. The average Bonchev–Trinajstić information content (AvgIpc) is 2.40. The Labute approximate surface area is 101 Å². The van der Waals surface area contributed by atoms with Gasteiger partial charge in [-0.1, -0.05) is 30.3 Å². The van der Waals surface area contributed by atoms with Gasteiger partial charge in [0.05, 0.1) is 11.9 Å². The van der Waals surface area contributed by atoms with Gasteiger partial charge in [0.1, 0.15) is 0 Å². The van der Waals surface area contributed by atoms with Crippen LogP contribution in [0.2, 0.25) is 0 Å². The first kappa shape index (κ1) is 11.6. The zero-order chi connectivity index (χ0) is 11.9. The van der Waals surface area contributed by atoms with Gasteiger partial charge in [0.2, 0.25) is 0 Å². The maximum Gasteiger partial charge on any atom is 0.0529 e. The second kappa shape index (κ2) is 6.01. The van der Waals surface area contributed by atoms with E-state index in [4.69, 9.17) is 5.11 Å². The molecule has 0 saturated heterocycles. The molecule has 3 heteroatoms. The third kappa shape index (κ3) is 3.57. The molecule has 0 radical (unpaired) electrons. The van der Waals surface area contributed by atoms with Crippen molar-refractivity contribution in [3.63, 3.8) is 0 Å². The maximum absolute atomic E-state index is 8.79. The van der Waals surface area contributed by atoms with E-state index in [1.807, 2.05) is 30.3 Å². The zero-order valence-corrected chi connectivity index (χ0v) is 9.63. The van der Waals surface area contributed by atoms with Crippen LogP contribution in [0.5, 0.6) is 0 Å². The Balaban J connectivity index is 1.91. The van der Waals surface area contributed by atoms with E-state index in [9.17, 15) is 0 Å². The van der Waals surface area contributed by atoms with Crippen molar-refractivity contribution in [2.75, 3.05) is 11.9 Å². The van der Waals surface area contributed by atoms with Crippen molar-refractivity contribution in [2.45, 2.75) is 13.0 Å². The standard InChI is InChI=1S/C14H16N2O/c17-9-8-13-6-7-14(11-16-13)15-10-12-4-2-1-3-5-12/h1-7,11,15,17H,8-10H2. The highest BCUT2D eigenvalue weighted by Gasteiger charge is 1.96. The lowest BCUT2D eigenvalue weighted by atomic mass is 10.2. The molecule has 3 nitrogen and oxygen atoms in total. The number of aliphatic hydroxyl groups is 1. The van der Waals surface area contributed by atoms with E-state index in [1.54, 1.807) is 6.20 Å². The fourth-order valence-corrected chi connectivity index (χ4v) is 1.59. The number of nitrogens with one attached hydrogen (secondary N) is 1. The SMILES string of the molecule is OCCc1ccc(NCc2ccccc2)cn1. The average molecular weight is 228 g/mol. The van der Waals surface area contributed by atoms with Crippen molar-refractivity contribution in [3.05, 3.63) is 59.9 Å². The van der Waals surface area contributed by atoms with E-state index in [0.717, 1.165) is 17.9 Å². The predicted octanol–water partition coefficient (Wildman–Crippen LogP) is 2.23. The highest BCUT2D eigenvalue weighted by molar-refractivity contribution is 5.41. The molecule has 0 unspecified atom stereocenters. The number of aliphatic hydroxyl groups excluding tert-OH is 1. The van der Waals surface area contributed by atoms with Gasteiger partial charge in [0, 0.05) is 25.3 Å². The second-order valence-electron chi connectivity index (χ2n) is 3.85. The van der Waals surface area contributed by atoms with Crippen molar-refractivity contribution < 1.29 is 5.11 Å². The maximum atomic E-state index is 8.79. The first-order chi connectivity index (χ1) is 8.38. The number of hydrogen-bond acceptors (Lipinski definition) is 3. The van der Waals surface area contributed by atoms with Gasteiger partial charge in [0.25, 0.3) is 0 Å². The summed E-state index contributed by atoms with van der Waals surface area (Å²) in [6.45, 7) is 0.936. The van der Waals surface area contributed by atoms with E-state index in [0.29, 0.717) is 6.42 Å². The van der Waals surface area contributed by atoms with E-state index in [1.165, 1.54) is 5.56 Å². The minimum Gasteiger partial charge on any atom is -0.396 e. The number of nitrogens with zero attached hydrogens (tertiary/aromatic N) is 1. The summed E-state index contributed by atoms with van der Waals surface area (Å²) in [6.07, 6.45) is 2.41. The van der Waals surface area contributed by atoms with Crippen LogP contribution in [0.15, 0.2) is 48.7 Å². The highest BCUT2D eigenvalue weighted by Crippen LogP contribution is 2.08. The summed E-state index contributed by atoms with van der Waals surface area (Å²) < 4.78 is 0. The quantitative estimate of drug-likeness (QED) is 0.825. The van der Waals surface area contributed by atoms with Gasteiger partial charge < -0.3 is 10.4 Å². The zero-order valence-electron chi connectivity index (χ0n) is 9.63. The van der Waals surface area contributed by atoms with E-state index >= 15 is 0 Å². The van der Waals surface area contributed by atoms with Gasteiger partial charge >= 0.3 is 0 Å². The third-order valence-corrected chi connectivity index (χ3v) is 2.53. The van der Waals surface area contributed by atoms with Crippen molar-refractivity contribution in [3.8, 4) is 0 Å². The molecule has 1 aromatic heterocycles. The topological polar surface area (TPSA) is 45.1 Å². The lowest BCUT2D eigenvalue weighted by molar-refractivity contribution is 0.298. The van der Waals surface area contributed by atoms with Crippen LogP contribution >= 0.6 is 0 Å². The van der Waals surface area contributed by atoms with Crippen LogP contribution in [0, 0.1) is 0 Å². The van der Waals surface area contributed by atoms with Gasteiger partial charge in [-0.2, -0.15) is 0 Å². The van der Waals surface area contributed by atoms with E-state index < -0.39 is 0 Å². The molecule has 17 heavy (non-hydrogen) atoms. The molecule has 0 atom stereocenters. The molecular weight excluding hydrogens is 212 g/mol. The molecule has 2 rings (SSSR count). The van der Waals surface area contributed by atoms with Crippen LogP contribution < -0.4 is 5.32 Å². The summed E-state index contributed by atoms with van der Waals surface area (Å²) in [5.74, 6) is 0. The Kier molecular flexibility index (Phi) is 4.11. The lowest BCUT2D eigenvalue weighted by Crippen LogP contribution is -2.01. The monoisotopic (exact) mass is 228 g/mol. The Hall–Kier alpha value is -1.87. The smallest absolute Gasteiger partial charge is 0.0529 e. The summed E-state index contributed by atoms with van der Waals surface area (Å²) in [5.41, 5.74) is 3.15. The molecule has 0 bridgehead atoms. The van der Waals surface area contributed by atoms with Gasteiger partial charge in [0.15, 0.2) is 0 Å². The number of hydrogen-bond donors (Lipinski definition) is 2. The first-order valence-corrected chi connectivity index (χ1v) is 5.72. The molecule has 0 aliphatic carbocycles. The molecular formula is C14H16N2O. The highest BCUT2D eigenvalue weighted by atomic mass is 16.3. The van der Waals surface area contributed by atoms with Crippen LogP contribution in [-0.4, -0.2) is 16.7 Å². The first-order valence-electron chi connectivity index (χ1n) is 5.72. The Bertz CT molecular complexity index is 440. The number of anilines is 1. The molecule has 1 aromatic carbocycles. The Morgan fingerprint density at radius 3 is 2.53 bits per heavy atom. The third-order valence-electron chi connectivity index (χ3n) is 2.53. The van der Waals surface area contributed by atoms with Gasteiger partial charge in [-0.25, -0.2) is 0 Å². The number of rotatable bonds is 5. The molecule has 0 aliphatic heterocycles. The van der Waals surface area contributed by atoms with Crippen molar-refractivity contribution in [2.24, 2.45) is 0 Å². The summed E-state index contributed by atoms with van der Waals surface area (Å²) in [7, 11) is 0. The molecule has 2 aromatic rings. The molecule has 0 aliphatic rings. The number of pyridine rings is 1. The lowest BCUT2D eigenvalue weighted by Gasteiger charge is -2.06. The molecule has 0 spiro atoms. The number of aromatic nitrogens is 1. The van der Waals surface area contributed by atoms with Crippen LogP contribution in [0.25, 0.3) is 0 Å². The normalized spacial score (nSPS) is 10.2.